The number of fused-ring (bicyclic) bond motifs is 3. The van der Waals surface area contributed by atoms with Gasteiger partial charge in [0, 0.05) is 23.1 Å². The number of hydrogen-bond donors (Lipinski definition) is 1. The monoisotopic (exact) mass is 477 g/mol. The largest absolute Gasteiger partial charge is 0.573 e. The van der Waals surface area contributed by atoms with Crippen LogP contribution in [0.3, 0.4) is 0 Å². The van der Waals surface area contributed by atoms with Gasteiger partial charge in [0.05, 0.1) is 38.0 Å². The van der Waals surface area contributed by atoms with Crippen LogP contribution in [0.5, 0.6) is 5.75 Å². The zero-order valence-corrected chi connectivity index (χ0v) is 17.7. The molecular weight excluding hydrogens is 458 g/mol. The van der Waals surface area contributed by atoms with Crippen LogP contribution in [-0.4, -0.2) is 41.9 Å². The molecule has 2 aromatic carbocycles. The summed E-state index contributed by atoms with van der Waals surface area (Å²) in [6, 6.07) is 7.44. The van der Waals surface area contributed by atoms with Crippen molar-refractivity contribution in [1.29, 1.82) is 0 Å². The van der Waals surface area contributed by atoms with Crippen molar-refractivity contribution >= 4 is 22.6 Å². The summed E-state index contributed by atoms with van der Waals surface area (Å²) in [6.07, 6.45) is -5.05. The Kier molecular flexibility index (Phi) is 5.53. The van der Waals surface area contributed by atoms with E-state index in [0.717, 1.165) is 28.6 Å². The van der Waals surface area contributed by atoms with E-state index in [0.29, 0.717) is 30.1 Å². The van der Waals surface area contributed by atoms with Gasteiger partial charge < -0.3 is 24.8 Å². The second-order valence-corrected chi connectivity index (χ2v) is 8.01. The van der Waals surface area contributed by atoms with E-state index in [1.54, 1.807) is 18.2 Å². The second kappa shape index (κ2) is 8.41. The van der Waals surface area contributed by atoms with Crippen molar-refractivity contribution in [2.75, 3.05) is 25.5 Å². The lowest BCUT2D eigenvalue weighted by Gasteiger charge is -2.36. The number of nitrogens with two attached hydrogens (primary N) is 1. The number of morpholine rings is 1. The molecule has 1 fully saturated rings. The van der Waals surface area contributed by atoms with Crippen molar-refractivity contribution in [3.05, 3.63) is 64.5 Å². The highest BCUT2D eigenvalue weighted by Gasteiger charge is 2.34. The van der Waals surface area contributed by atoms with E-state index in [9.17, 15) is 22.4 Å². The van der Waals surface area contributed by atoms with Gasteiger partial charge in [0.1, 0.15) is 5.82 Å². The van der Waals surface area contributed by atoms with Crippen molar-refractivity contribution in [3.8, 4) is 5.75 Å². The summed E-state index contributed by atoms with van der Waals surface area (Å²) >= 11 is 0. The standard InChI is InChI=1S/C23H19F4N3O4/c24-17-3-1-12(8-20(17)34-23(25,26)27)19-11-32-6-5-30(19)22(31)13-2-4-18-14(7-13)15-9-33-10-16(15)21(28)29-18/h1-4,7-8,19H,5-6,9-11H2,(H2,28,29)/t19-/m1/s1. The molecular formula is C23H19F4N3O4. The summed E-state index contributed by atoms with van der Waals surface area (Å²) in [4.78, 5) is 19.4. The van der Waals surface area contributed by atoms with E-state index in [2.05, 4.69) is 9.72 Å². The molecule has 0 unspecified atom stereocenters. The molecule has 5 rings (SSSR count). The first kappa shape index (κ1) is 22.4. The first-order chi connectivity index (χ1) is 16.2. The number of nitrogen functional groups attached to an aromatic ring is 1. The topological polar surface area (TPSA) is 86.9 Å². The molecule has 0 saturated carbocycles. The first-order valence-electron chi connectivity index (χ1n) is 10.4. The van der Waals surface area contributed by atoms with Crippen LogP contribution < -0.4 is 10.5 Å². The molecule has 1 atom stereocenters. The summed E-state index contributed by atoms with van der Waals surface area (Å²) in [5, 5.41) is 0.750. The van der Waals surface area contributed by atoms with E-state index >= 15 is 0 Å². The molecule has 7 nitrogen and oxygen atoms in total. The molecule has 1 amide bonds. The number of benzene rings is 2. The Hall–Kier alpha value is -3.44. The minimum Gasteiger partial charge on any atom is -0.403 e. The van der Waals surface area contributed by atoms with Crippen LogP contribution in [0, 0.1) is 5.82 Å². The van der Waals surface area contributed by atoms with Gasteiger partial charge in [-0.3, -0.25) is 4.79 Å². The molecule has 0 spiro atoms. The van der Waals surface area contributed by atoms with Crippen molar-refractivity contribution in [2.45, 2.75) is 25.6 Å². The molecule has 178 valence electrons. The fourth-order valence-electron chi connectivity index (χ4n) is 4.32. The average molecular weight is 477 g/mol. The molecule has 2 N–H and O–H groups in total. The van der Waals surface area contributed by atoms with E-state index in [1.165, 1.54) is 11.0 Å². The fourth-order valence-corrected chi connectivity index (χ4v) is 4.32. The molecule has 2 aliphatic rings. The maximum absolute atomic E-state index is 13.9. The number of amides is 1. The van der Waals surface area contributed by atoms with Gasteiger partial charge in [-0.1, -0.05) is 6.07 Å². The van der Waals surface area contributed by atoms with E-state index < -0.39 is 24.0 Å². The third kappa shape index (κ3) is 4.12. The number of nitrogens with zero attached hydrogens (tertiary/aromatic N) is 2. The highest BCUT2D eigenvalue weighted by molar-refractivity contribution is 5.99. The van der Waals surface area contributed by atoms with Gasteiger partial charge in [0.25, 0.3) is 5.91 Å². The van der Waals surface area contributed by atoms with E-state index in [1.807, 2.05) is 0 Å². The Morgan fingerprint density at radius 2 is 1.91 bits per heavy atom. The van der Waals surface area contributed by atoms with Crippen LogP contribution in [-0.2, 0) is 22.7 Å². The van der Waals surface area contributed by atoms with Crippen LogP contribution in [0.25, 0.3) is 10.9 Å². The molecule has 0 radical (unpaired) electrons. The number of carbonyl (C=O) groups excluding carboxylic acids is 1. The number of halogens is 4. The molecule has 34 heavy (non-hydrogen) atoms. The lowest BCUT2D eigenvalue weighted by atomic mass is 10.00. The van der Waals surface area contributed by atoms with Crippen LogP contribution in [0.2, 0.25) is 0 Å². The van der Waals surface area contributed by atoms with Crippen molar-refractivity contribution in [2.24, 2.45) is 0 Å². The van der Waals surface area contributed by atoms with E-state index in [-0.39, 0.29) is 31.2 Å². The number of aromatic nitrogens is 1. The molecule has 1 aromatic heterocycles. The Bertz CT molecular complexity index is 1280. The molecule has 11 heteroatoms. The maximum Gasteiger partial charge on any atom is 0.573 e. The first-order valence-corrected chi connectivity index (χ1v) is 10.4. The number of ether oxygens (including phenoxy) is 3. The van der Waals surface area contributed by atoms with Gasteiger partial charge in [-0.05, 0) is 41.5 Å². The predicted octanol–water partition coefficient (Wildman–Crippen LogP) is 4.10. The number of anilines is 1. The maximum atomic E-state index is 13.9. The Labute approximate surface area is 191 Å². The van der Waals surface area contributed by atoms with Crippen molar-refractivity contribution in [3.63, 3.8) is 0 Å². The Balaban J connectivity index is 1.49. The zero-order chi connectivity index (χ0) is 24.0. The molecule has 3 heterocycles. The quantitative estimate of drug-likeness (QED) is 0.572. The molecule has 2 aliphatic heterocycles. The Morgan fingerprint density at radius 3 is 2.71 bits per heavy atom. The average Bonchev–Trinajstić information content (AvgIpc) is 3.30. The van der Waals surface area contributed by atoms with Gasteiger partial charge in [0.2, 0.25) is 0 Å². The minimum absolute atomic E-state index is 0.0394. The predicted molar refractivity (Wildman–Crippen MR) is 112 cm³/mol. The summed E-state index contributed by atoms with van der Waals surface area (Å²) in [5.74, 6) is -2.08. The summed E-state index contributed by atoms with van der Waals surface area (Å²) < 4.78 is 66.7. The lowest BCUT2D eigenvalue weighted by molar-refractivity contribution is -0.275. The fraction of sp³-hybridized carbons (Fsp3) is 0.304. The number of pyridine rings is 1. The van der Waals surface area contributed by atoms with E-state index in [4.69, 9.17) is 15.2 Å². The van der Waals surface area contributed by atoms with Crippen molar-refractivity contribution in [1.82, 2.24) is 9.88 Å². The van der Waals surface area contributed by atoms with Gasteiger partial charge in [0.15, 0.2) is 11.6 Å². The molecule has 0 aliphatic carbocycles. The zero-order valence-electron chi connectivity index (χ0n) is 17.7. The third-order valence-electron chi connectivity index (χ3n) is 5.93. The summed E-state index contributed by atoms with van der Waals surface area (Å²) in [6.45, 7) is 1.20. The lowest BCUT2D eigenvalue weighted by Crippen LogP contribution is -2.43. The van der Waals surface area contributed by atoms with Gasteiger partial charge in [-0.15, -0.1) is 13.2 Å². The normalized spacial score (nSPS) is 18.2. The number of carbonyl (C=O) groups is 1. The van der Waals surface area contributed by atoms with Crippen LogP contribution in [0.4, 0.5) is 23.4 Å². The highest BCUT2D eigenvalue weighted by Crippen LogP contribution is 2.34. The third-order valence-corrected chi connectivity index (χ3v) is 5.93. The molecule has 3 aromatic rings. The molecule has 0 bridgehead atoms. The summed E-state index contributed by atoms with van der Waals surface area (Å²) in [7, 11) is 0. The second-order valence-electron chi connectivity index (χ2n) is 8.01. The van der Waals surface area contributed by atoms with Crippen molar-refractivity contribution < 1.29 is 36.6 Å². The smallest absolute Gasteiger partial charge is 0.403 e. The van der Waals surface area contributed by atoms with Crippen LogP contribution in [0.15, 0.2) is 36.4 Å². The number of hydrogen-bond acceptors (Lipinski definition) is 6. The van der Waals surface area contributed by atoms with Gasteiger partial charge in [-0.2, -0.15) is 0 Å². The SMILES string of the molecule is Nc1nc2ccc(C(=O)N3CCOC[C@@H]3c3ccc(F)c(OC(F)(F)F)c3)cc2c2c1COC2. The highest BCUT2D eigenvalue weighted by atomic mass is 19.4. The van der Waals surface area contributed by atoms with Crippen LogP contribution in [0.1, 0.15) is 33.1 Å². The molecule has 1 saturated heterocycles. The van der Waals surface area contributed by atoms with Gasteiger partial charge >= 0.3 is 6.36 Å². The van der Waals surface area contributed by atoms with Crippen LogP contribution >= 0.6 is 0 Å². The summed E-state index contributed by atoms with van der Waals surface area (Å²) in [5.41, 5.74) is 8.94. The Morgan fingerprint density at radius 1 is 1.12 bits per heavy atom. The number of alkyl halides is 3. The minimum atomic E-state index is -5.05. The van der Waals surface area contributed by atoms with Gasteiger partial charge in [-0.25, -0.2) is 9.37 Å². The number of rotatable bonds is 3.